The summed E-state index contributed by atoms with van der Waals surface area (Å²) in [5.41, 5.74) is 4.79. The first-order valence-corrected chi connectivity index (χ1v) is 6.81. The predicted molar refractivity (Wildman–Crippen MR) is 79.6 cm³/mol. The van der Waals surface area contributed by atoms with E-state index in [2.05, 4.69) is 32.0 Å². The number of hydrogen-bond acceptors (Lipinski definition) is 1. The van der Waals surface area contributed by atoms with Crippen molar-refractivity contribution in [3.63, 3.8) is 0 Å². The molecule has 0 heterocycles. The quantitative estimate of drug-likeness (QED) is 0.716. The van der Waals surface area contributed by atoms with Crippen LogP contribution in [0.1, 0.15) is 39.9 Å². The Morgan fingerprint density at radius 2 is 1.74 bits per heavy atom. The molecule has 1 nitrogen and oxygen atoms in total. The summed E-state index contributed by atoms with van der Waals surface area (Å²) < 4.78 is 0. The summed E-state index contributed by atoms with van der Waals surface area (Å²) in [5.74, 6) is 0.242. The van der Waals surface area contributed by atoms with Gasteiger partial charge in [0.15, 0.2) is 5.78 Å². The van der Waals surface area contributed by atoms with E-state index in [0.717, 1.165) is 18.4 Å². The highest BCUT2D eigenvalue weighted by atomic mass is 16.1. The van der Waals surface area contributed by atoms with Crippen LogP contribution in [-0.4, -0.2) is 5.78 Å². The molecule has 0 aromatic heterocycles. The Labute approximate surface area is 115 Å². The molecular weight excluding hydrogens is 232 g/mol. The molecule has 0 saturated carbocycles. The van der Waals surface area contributed by atoms with Gasteiger partial charge in [0, 0.05) is 12.0 Å². The Hall–Kier alpha value is -1.89. The van der Waals surface area contributed by atoms with Gasteiger partial charge in [0.2, 0.25) is 0 Å². The standard InChI is InChI=1S/C18H20O/c1-14-11-12-15(2)17(13-14)9-6-10-18(19)16-7-4-3-5-8-16/h3-5,7-8,11-13H,6,9-10H2,1-2H3. The fourth-order valence-electron chi connectivity index (χ4n) is 2.28. The van der Waals surface area contributed by atoms with Crippen molar-refractivity contribution in [3.05, 3.63) is 70.8 Å². The number of carbonyl (C=O) groups is 1. The largest absolute Gasteiger partial charge is 0.294 e. The molecule has 0 aliphatic heterocycles. The molecule has 0 amide bonds. The second-order valence-corrected chi connectivity index (χ2v) is 5.07. The van der Waals surface area contributed by atoms with E-state index in [0.29, 0.717) is 6.42 Å². The minimum Gasteiger partial charge on any atom is -0.294 e. The molecule has 2 aromatic carbocycles. The second kappa shape index (κ2) is 6.33. The molecule has 0 atom stereocenters. The molecule has 19 heavy (non-hydrogen) atoms. The van der Waals surface area contributed by atoms with Crippen LogP contribution in [0.15, 0.2) is 48.5 Å². The third kappa shape index (κ3) is 3.78. The Balaban J connectivity index is 1.90. The molecule has 2 aromatic rings. The Morgan fingerprint density at radius 3 is 2.47 bits per heavy atom. The van der Waals surface area contributed by atoms with Gasteiger partial charge < -0.3 is 0 Å². The van der Waals surface area contributed by atoms with Gasteiger partial charge in [0.25, 0.3) is 0 Å². The van der Waals surface area contributed by atoms with E-state index in [1.807, 2.05) is 30.3 Å². The van der Waals surface area contributed by atoms with Gasteiger partial charge in [0.1, 0.15) is 0 Å². The fraction of sp³-hybridized carbons (Fsp3) is 0.278. The highest BCUT2D eigenvalue weighted by Gasteiger charge is 2.05. The first kappa shape index (κ1) is 13.5. The van der Waals surface area contributed by atoms with Crippen LogP contribution in [0.5, 0.6) is 0 Å². The van der Waals surface area contributed by atoms with Gasteiger partial charge in [-0.15, -0.1) is 0 Å². The molecular formula is C18H20O. The topological polar surface area (TPSA) is 17.1 Å². The summed E-state index contributed by atoms with van der Waals surface area (Å²) >= 11 is 0. The highest BCUT2D eigenvalue weighted by Crippen LogP contribution is 2.14. The second-order valence-electron chi connectivity index (χ2n) is 5.07. The zero-order valence-electron chi connectivity index (χ0n) is 11.6. The van der Waals surface area contributed by atoms with E-state index in [-0.39, 0.29) is 5.78 Å². The third-order valence-corrected chi connectivity index (χ3v) is 3.45. The molecule has 0 unspecified atom stereocenters. The van der Waals surface area contributed by atoms with E-state index in [9.17, 15) is 4.79 Å². The SMILES string of the molecule is Cc1ccc(C)c(CCCC(=O)c2ccccc2)c1. The molecule has 1 heteroatoms. The maximum atomic E-state index is 12.0. The number of carbonyl (C=O) groups excluding carboxylic acids is 1. The van der Waals surface area contributed by atoms with Crippen molar-refractivity contribution in [1.82, 2.24) is 0 Å². The first-order valence-electron chi connectivity index (χ1n) is 6.81. The summed E-state index contributed by atoms with van der Waals surface area (Å²) in [6.07, 6.45) is 2.52. The van der Waals surface area contributed by atoms with Crippen molar-refractivity contribution in [3.8, 4) is 0 Å². The number of rotatable bonds is 5. The van der Waals surface area contributed by atoms with Crippen LogP contribution >= 0.6 is 0 Å². The van der Waals surface area contributed by atoms with Crippen LogP contribution in [0.4, 0.5) is 0 Å². The maximum absolute atomic E-state index is 12.0. The number of hydrogen-bond donors (Lipinski definition) is 0. The van der Waals surface area contributed by atoms with Gasteiger partial charge in [0.05, 0.1) is 0 Å². The maximum Gasteiger partial charge on any atom is 0.162 e. The molecule has 0 bridgehead atoms. The third-order valence-electron chi connectivity index (χ3n) is 3.45. The van der Waals surface area contributed by atoms with E-state index in [1.165, 1.54) is 16.7 Å². The molecule has 98 valence electrons. The lowest BCUT2D eigenvalue weighted by atomic mass is 9.98. The summed E-state index contributed by atoms with van der Waals surface area (Å²) in [6, 6.07) is 16.1. The lowest BCUT2D eigenvalue weighted by molar-refractivity contribution is 0.0980. The molecule has 0 radical (unpaired) electrons. The predicted octanol–water partition coefficient (Wildman–Crippen LogP) is 4.51. The van der Waals surface area contributed by atoms with Crippen LogP contribution in [0.2, 0.25) is 0 Å². The number of Topliss-reactive ketones (excluding diaryl/α,β-unsaturated/α-hetero) is 1. The van der Waals surface area contributed by atoms with Crippen LogP contribution in [0.3, 0.4) is 0 Å². The molecule has 0 aliphatic carbocycles. The number of aryl methyl sites for hydroxylation is 3. The van der Waals surface area contributed by atoms with Crippen LogP contribution < -0.4 is 0 Å². The van der Waals surface area contributed by atoms with Gasteiger partial charge in [-0.3, -0.25) is 4.79 Å². The average molecular weight is 252 g/mol. The monoisotopic (exact) mass is 252 g/mol. The van der Waals surface area contributed by atoms with Crippen molar-refractivity contribution in [2.45, 2.75) is 33.1 Å². The van der Waals surface area contributed by atoms with Gasteiger partial charge in [-0.2, -0.15) is 0 Å². The lowest BCUT2D eigenvalue weighted by Crippen LogP contribution is -2.00. The van der Waals surface area contributed by atoms with Gasteiger partial charge in [-0.1, -0.05) is 54.1 Å². The molecule has 0 spiro atoms. The van der Waals surface area contributed by atoms with Crippen molar-refractivity contribution in [2.75, 3.05) is 0 Å². The van der Waals surface area contributed by atoms with Crippen molar-refractivity contribution < 1.29 is 4.79 Å². The molecule has 0 fully saturated rings. The highest BCUT2D eigenvalue weighted by molar-refractivity contribution is 5.95. The summed E-state index contributed by atoms with van der Waals surface area (Å²) in [4.78, 5) is 12.0. The van der Waals surface area contributed by atoms with E-state index < -0.39 is 0 Å². The molecule has 0 saturated heterocycles. The summed E-state index contributed by atoms with van der Waals surface area (Å²) in [6.45, 7) is 4.24. The summed E-state index contributed by atoms with van der Waals surface area (Å²) in [7, 11) is 0. The zero-order valence-corrected chi connectivity index (χ0v) is 11.6. The van der Waals surface area contributed by atoms with Crippen LogP contribution in [0, 0.1) is 13.8 Å². The average Bonchev–Trinajstić information content (AvgIpc) is 2.43. The van der Waals surface area contributed by atoms with Gasteiger partial charge >= 0.3 is 0 Å². The minimum atomic E-state index is 0.242. The smallest absolute Gasteiger partial charge is 0.162 e. The van der Waals surface area contributed by atoms with E-state index >= 15 is 0 Å². The van der Waals surface area contributed by atoms with Crippen molar-refractivity contribution in [2.24, 2.45) is 0 Å². The number of benzene rings is 2. The normalized spacial score (nSPS) is 10.4. The van der Waals surface area contributed by atoms with Crippen molar-refractivity contribution in [1.29, 1.82) is 0 Å². The van der Waals surface area contributed by atoms with Crippen molar-refractivity contribution >= 4 is 5.78 Å². The first-order chi connectivity index (χ1) is 9.16. The Kier molecular flexibility index (Phi) is 4.51. The minimum absolute atomic E-state index is 0.242. The molecule has 0 N–H and O–H groups in total. The van der Waals surface area contributed by atoms with Crippen LogP contribution in [0.25, 0.3) is 0 Å². The van der Waals surface area contributed by atoms with E-state index in [4.69, 9.17) is 0 Å². The zero-order chi connectivity index (χ0) is 13.7. The molecule has 0 aliphatic rings. The van der Waals surface area contributed by atoms with Crippen LogP contribution in [-0.2, 0) is 6.42 Å². The fourth-order valence-corrected chi connectivity index (χ4v) is 2.28. The Bertz CT molecular complexity index is 555. The molecule has 2 rings (SSSR count). The lowest BCUT2D eigenvalue weighted by Gasteiger charge is -2.07. The number of ketones is 1. The summed E-state index contributed by atoms with van der Waals surface area (Å²) in [5, 5.41) is 0. The van der Waals surface area contributed by atoms with Gasteiger partial charge in [-0.25, -0.2) is 0 Å². The van der Waals surface area contributed by atoms with Gasteiger partial charge in [-0.05, 0) is 37.8 Å². The Morgan fingerprint density at radius 1 is 1.00 bits per heavy atom. The van der Waals surface area contributed by atoms with E-state index in [1.54, 1.807) is 0 Å².